The first-order chi connectivity index (χ1) is 12.3. The molecule has 0 aliphatic heterocycles. The number of para-hydroxylation sites is 1. The first-order valence-corrected chi connectivity index (χ1v) is 9.35. The van der Waals surface area contributed by atoms with E-state index in [0.29, 0.717) is 11.1 Å². The first-order valence-electron chi connectivity index (χ1n) is 8.53. The Labute approximate surface area is 157 Å². The molecule has 6 heteroatoms. The van der Waals surface area contributed by atoms with E-state index in [1.807, 2.05) is 13.0 Å². The minimum atomic E-state index is -0.102. The van der Waals surface area contributed by atoms with Crippen molar-refractivity contribution < 1.29 is 4.79 Å². The molecular formula is C20H22N4OS. The second-order valence-electron chi connectivity index (χ2n) is 7.40. The van der Waals surface area contributed by atoms with E-state index >= 15 is 0 Å². The zero-order chi connectivity index (χ0) is 18.9. The van der Waals surface area contributed by atoms with Crippen molar-refractivity contribution in [2.75, 3.05) is 0 Å². The van der Waals surface area contributed by atoms with Crippen LogP contribution in [0.3, 0.4) is 0 Å². The van der Waals surface area contributed by atoms with E-state index < -0.39 is 0 Å². The van der Waals surface area contributed by atoms with Crippen molar-refractivity contribution in [1.82, 2.24) is 14.9 Å². The fourth-order valence-corrected chi connectivity index (χ4v) is 3.91. The monoisotopic (exact) mass is 366 g/mol. The number of thiophene rings is 1. The summed E-state index contributed by atoms with van der Waals surface area (Å²) in [6.45, 7) is 8.67. The maximum Gasteiger partial charge on any atom is 0.240 e. The molecule has 3 rings (SSSR count). The molecule has 0 aliphatic carbocycles. The Bertz CT molecular complexity index is 987. The second kappa shape index (κ2) is 6.93. The number of amides is 1. The molecule has 2 heterocycles. The number of carbonyl (C=O) groups is 1. The van der Waals surface area contributed by atoms with Crippen LogP contribution in [0.5, 0.6) is 0 Å². The van der Waals surface area contributed by atoms with Gasteiger partial charge in [-0.1, -0.05) is 26.8 Å². The number of nitrogens with one attached hydrogen (secondary N) is 1. The van der Waals surface area contributed by atoms with Crippen molar-refractivity contribution in [2.45, 2.75) is 45.7 Å². The molecule has 0 aliphatic rings. The molecule has 0 fully saturated rings. The fourth-order valence-electron chi connectivity index (χ4n) is 2.84. The zero-order valence-corrected chi connectivity index (χ0v) is 16.2. The van der Waals surface area contributed by atoms with Crippen molar-refractivity contribution in [3.8, 4) is 6.07 Å². The van der Waals surface area contributed by atoms with Gasteiger partial charge in [0.15, 0.2) is 0 Å². The molecule has 26 heavy (non-hydrogen) atoms. The predicted molar refractivity (Wildman–Crippen MR) is 104 cm³/mol. The molecular weight excluding hydrogens is 344 g/mol. The number of fused-ring (bicyclic) bond motifs is 1. The summed E-state index contributed by atoms with van der Waals surface area (Å²) in [5.41, 5.74) is 2.05. The molecule has 0 saturated carbocycles. The predicted octanol–water partition coefficient (Wildman–Crippen LogP) is 4.14. The number of nitrogens with zero attached hydrogens (tertiary/aromatic N) is 3. The van der Waals surface area contributed by atoms with Crippen LogP contribution in [-0.4, -0.2) is 15.5 Å². The van der Waals surface area contributed by atoms with Gasteiger partial charge >= 0.3 is 0 Å². The number of hydrogen-bond acceptors (Lipinski definition) is 4. The summed E-state index contributed by atoms with van der Waals surface area (Å²) >= 11 is 1.73. The zero-order valence-electron chi connectivity index (χ0n) is 15.4. The molecule has 0 radical (unpaired) electrons. The largest absolute Gasteiger partial charge is 0.347 e. The summed E-state index contributed by atoms with van der Waals surface area (Å²) in [5.74, 6) is -0.102. The van der Waals surface area contributed by atoms with Crippen LogP contribution in [-0.2, 0) is 16.8 Å². The van der Waals surface area contributed by atoms with Crippen LogP contribution < -0.4 is 5.32 Å². The maximum absolute atomic E-state index is 12.5. The van der Waals surface area contributed by atoms with Crippen molar-refractivity contribution in [1.29, 1.82) is 5.26 Å². The summed E-state index contributed by atoms with van der Waals surface area (Å²) in [6, 6.07) is 11.7. The lowest BCUT2D eigenvalue weighted by molar-refractivity contribution is -0.122. The third-order valence-corrected chi connectivity index (χ3v) is 5.94. The third kappa shape index (κ3) is 3.63. The van der Waals surface area contributed by atoms with Gasteiger partial charge in [0, 0.05) is 9.75 Å². The Morgan fingerprint density at radius 1 is 1.35 bits per heavy atom. The highest BCUT2D eigenvalue weighted by molar-refractivity contribution is 7.12. The molecule has 1 unspecified atom stereocenters. The Balaban J connectivity index is 1.73. The number of carbonyl (C=O) groups excluding carboxylic acids is 1. The lowest BCUT2D eigenvalue weighted by Crippen LogP contribution is -2.29. The van der Waals surface area contributed by atoms with E-state index in [9.17, 15) is 10.1 Å². The molecule has 134 valence electrons. The molecule has 2 aromatic heterocycles. The van der Waals surface area contributed by atoms with Crippen LogP contribution in [0.15, 0.2) is 36.7 Å². The topological polar surface area (TPSA) is 70.7 Å². The average molecular weight is 366 g/mol. The maximum atomic E-state index is 12.5. The Kier molecular flexibility index (Phi) is 4.84. The van der Waals surface area contributed by atoms with Gasteiger partial charge in [-0.2, -0.15) is 5.26 Å². The van der Waals surface area contributed by atoms with Crippen LogP contribution in [0, 0.1) is 11.3 Å². The number of benzene rings is 1. The minimum absolute atomic E-state index is 0.0613. The standard InChI is InChI=1S/C20H22N4OS/c1-13(16-8-9-17(26-16)20(2,3)4)23-18(25)11-24-12-22-15-7-5-6-14(10-21)19(15)24/h5-9,12-13H,11H2,1-4H3,(H,23,25). The van der Waals surface area contributed by atoms with Gasteiger partial charge in [0.05, 0.1) is 29.0 Å². The highest BCUT2D eigenvalue weighted by Gasteiger charge is 2.19. The van der Waals surface area contributed by atoms with Gasteiger partial charge in [0.1, 0.15) is 12.6 Å². The molecule has 0 spiro atoms. The van der Waals surface area contributed by atoms with E-state index in [2.05, 4.69) is 49.3 Å². The van der Waals surface area contributed by atoms with E-state index in [1.165, 1.54) is 4.88 Å². The summed E-state index contributed by atoms with van der Waals surface area (Å²) in [4.78, 5) is 19.2. The Morgan fingerprint density at radius 3 is 2.77 bits per heavy atom. The Hall–Kier alpha value is -2.65. The second-order valence-corrected chi connectivity index (χ2v) is 8.51. The normalized spacial score (nSPS) is 12.7. The van der Waals surface area contributed by atoms with Crippen LogP contribution >= 0.6 is 11.3 Å². The van der Waals surface area contributed by atoms with Crippen molar-refractivity contribution in [3.05, 3.63) is 52.0 Å². The van der Waals surface area contributed by atoms with Gasteiger partial charge < -0.3 is 9.88 Å². The van der Waals surface area contributed by atoms with Crippen molar-refractivity contribution in [2.24, 2.45) is 0 Å². The molecule has 3 aromatic rings. The molecule has 1 N–H and O–H groups in total. The van der Waals surface area contributed by atoms with Crippen molar-refractivity contribution in [3.63, 3.8) is 0 Å². The molecule has 0 saturated heterocycles. The van der Waals surface area contributed by atoms with Gasteiger partial charge in [-0.25, -0.2) is 4.98 Å². The fraction of sp³-hybridized carbons (Fsp3) is 0.350. The van der Waals surface area contributed by atoms with Crippen molar-refractivity contribution >= 4 is 28.3 Å². The Morgan fingerprint density at radius 2 is 2.12 bits per heavy atom. The van der Waals surface area contributed by atoms with Crippen LogP contribution in [0.1, 0.15) is 49.1 Å². The van der Waals surface area contributed by atoms with Gasteiger partial charge in [0.25, 0.3) is 0 Å². The highest BCUT2D eigenvalue weighted by atomic mass is 32.1. The summed E-state index contributed by atoms with van der Waals surface area (Å²) in [7, 11) is 0. The molecule has 1 aromatic carbocycles. The lowest BCUT2D eigenvalue weighted by Gasteiger charge is -2.16. The number of aromatic nitrogens is 2. The number of imidazole rings is 1. The van der Waals surface area contributed by atoms with E-state index in [1.54, 1.807) is 34.4 Å². The van der Waals surface area contributed by atoms with E-state index in [-0.39, 0.29) is 23.9 Å². The van der Waals surface area contributed by atoms with E-state index in [0.717, 1.165) is 10.4 Å². The summed E-state index contributed by atoms with van der Waals surface area (Å²) in [5, 5.41) is 12.3. The summed E-state index contributed by atoms with van der Waals surface area (Å²) < 4.78 is 1.73. The molecule has 1 atom stereocenters. The minimum Gasteiger partial charge on any atom is -0.347 e. The molecule has 1 amide bonds. The lowest BCUT2D eigenvalue weighted by atomic mass is 9.95. The smallest absolute Gasteiger partial charge is 0.240 e. The van der Waals surface area contributed by atoms with Gasteiger partial charge in [-0.05, 0) is 36.6 Å². The SMILES string of the molecule is CC(NC(=O)Cn1cnc2cccc(C#N)c21)c1ccc(C(C)(C)C)s1. The van der Waals surface area contributed by atoms with Gasteiger partial charge in [-0.15, -0.1) is 11.3 Å². The van der Waals surface area contributed by atoms with Gasteiger partial charge in [-0.3, -0.25) is 4.79 Å². The summed E-state index contributed by atoms with van der Waals surface area (Å²) in [6.07, 6.45) is 1.61. The van der Waals surface area contributed by atoms with Gasteiger partial charge in [0.2, 0.25) is 5.91 Å². The highest BCUT2D eigenvalue weighted by Crippen LogP contribution is 2.32. The van der Waals surface area contributed by atoms with Crippen LogP contribution in [0.25, 0.3) is 11.0 Å². The number of hydrogen-bond donors (Lipinski definition) is 1. The third-order valence-electron chi connectivity index (χ3n) is 4.24. The number of nitriles is 1. The first kappa shape index (κ1) is 18.2. The average Bonchev–Trinajstić information content (AvgIpc) is 3.22. The van der Waals surface area contributed by atoms with E-state index in [4.69, 9.17) is 0 Å². The van der Waals surface area contributed by atoms with Crippen LogP contribution in [0.4, 0.5) is 0 Å². The quantitative estimate of drug-likeness (QED) is 0.754. The molecule has 5 nitrogen and oxygen atoms in total. The molecule has 0 bridgehead atoms. The van der Waals surface area contributed by atoms with Crippen LogP contribution in [0.2, 0.25) is 0 Å². The number of rotatable bonds is 4.